The van der Waals surface area contributed by atoms with Gasteiger partial charge in [-0.25, -0.2) is 0 Å². The summed E-state index contributed by atoms with van der Waals surface area (Å²) in [6.45, 7) is 0. The number of benzene rings is 1. The number of hydrogen-bond donors (Lipinski definition) is 2. The predicted molar refractivity (Wildman–Crippen MR) is 49.5 cm³/mol. The van der Waals surface area contributed by atoms with Crippen molar-refractivity contribution in [1.29, 1.82) is 0 Å². The van der Waals surface area contributed by atoms with E-state index in [0.29, 0.717) is 12.0 Å². The lowest BCUT2D eigenvalue weighted by molar-refractivity contribution is 0.180. The molecule has 4 nitrogen and oxygen atoms in total. The molecule has 14 heavy (non-hydrogen) atoms. The van der Waals surface area contributed by atoms with Crippen LogP contribution in [0.25, 0.3) is 0 Å². The van der Waals surface area contributed by atoms with Crippen molar-refractivity contribution in [2.75, 3.05) is 0 Å². The summed E-state index contributed by atoms with van der Waals surface area (Å²) in [7, 11) is -4.16. The number of rotatable bonds is 1. The van der Waals surface area contributed by atoms with Crippen molar-refractivity contribution in [2.45, 2.75) is 23.8 Å². The lowest BCUT2D eigenvalue weighted by Gasteiger charge is -2.04. The Morgan fingerprint density at radius 1 is 1.36 bits per heavy atom. The molecule has 0 bridgehead atoms. The van der Waals surface area contributed by atoms with Gasteiger partial charge in [0, 0.05) is 0 Å². The van der Waals surface area contributed by atoms with E-state index in [1.165, 1.54) is 12.1 Å². The SMILES string of the molecule is O=S(=O)(O)c1ccc2c(c1)C(O)CC2. The standard InChI is InChI=1S/C9H10O4S/c10-9-4-2-6-1-3-7(5-8(6)9)14(11,12)13/h1,3,5,9-10H,2,4H2,(H,11,12,13). The first-order valence-electron chi connectivity index (χ1n) is 4.27. The maximum absolute atomic E-state index is 10.8. The zero-order valence-corrected chi connectivity index (χ0v) is 8.16. The van der Waals surface area contributed by atoms with Gasteiger partial charge in [0.05, 0.1) is 11.0 Å². The number of aryl methyl sites for hydroxylation is 1. The minimum absolute atomic E-state index is 0.155. The summed E-state index contributed by atoms with van der Waals surface area (Å²) in [5.74, 6) is 0. The highest BCUT2D eigenvalue weighted by Gasteiger charge is 2.22. The topological polar surface area (TPSA) is 74.6 Å². The lowest BCUT2D eigenvalue weighted by Crippen LogP contribution is -2.00. The highest BCUT2D eigenvalue weighted by Crippen LogP contribution is 2.32. The lowest BCUT2D eigenvalue weighted by atomic mass is 10.1. The smallest absolute Gasteiger partial charge is 0.294 e. The molecule has 1 aliphatic carbocycles. The largest absolute Gasteiger partial charge is 0.388 e. The Kier molecular flexibility index (Phi) is 2.10. The van der Waals surface area contributed by atoms with Crippen LogP contribution in [-0.4, -0.2) is 18.1 Å². The summed E-state index contributed by atoms with van der Waals surface area (Å²) < 4.78 is 30.4. The molecule has 0 radical (unpaired) electrons. The van der Waals surface area contributed by atoms with Gasteiger partial charge in [0.1, 0.15) is 0 Å². The van der Waals surface area contributed by atoms with Crippen LogP contribution in [0.1, 0.15) is 23.7 Å². The number of hydrogen-bond acceptors (Lipinski definition) is 3. The van der Waals surface area contributed by atoms with Crippen molar-refractivity contribution in [3.8, 4) is 0 Å². The van der Waals surface area contributed by atoms with Crippen LogP contribution in [0, 0.1) is 0 Å². The Balaban J connectivity index is 2.56. The first-order chi connectivity index (χ1) is 6.48. The molecule has 0 aliphatic heterocycles. The molecule has 2 rings (SSSR count). The Hall–Kier alpha value is -0.910. The minimum Gasteiger partial charge on any atom is -0.388 e. The van der Waals surface area contributed by atoms with Gasteiger partial charge in [-0.2, -0.15) is 8.42 Å². The predicted octanol–water partition coefficient (Wildman–Crippen LogP) is 0.913. The van der Waals surface area contributed by atoms with Crippen LogP contribution in [0.5, 0.6) is 0 Å². The molecule has 0 aromatic heterocycles. The molecular weight excluding hydrogens is 204 g/mol. The van der Waals surface area contributed by atoms with E-state index >= 15 is 0 Å². The summed E-state index contributed by atoms with van der Waals surface area (Å²) in [6, 6.07) is 4.32. The molecule has 0 saturated heterocycles. The van der Waals surface area contributed by atoms with E-state index in [0.717, 1.165) is 12.0 Å². The molecule has 1 unspecified atom stereocenters. The molecule has 2 N–H and O–H groups in total. The summed E-state index contributed by atoms with van der Waals surface area (Å²) in [6.07, 6.45) is 0.763. The van der Waals surface area contributed by atoms with Gasteiger partial charge in [-0.15, -0.1) is 0 Å². The number of aliphatic hydroxyl groups excluding tert-OH is 1. The van der Waals surface area contributed by atoms with E-state index in [-0.39, 0.29) is 4.90 Å². The molecule has 5 heteroatoms. The summed E-state index contributed by atoms with van der Waals surface area (Å²) in [4.78, 5) is -0.155. The zero-order valence-electron chi connectivity index (χ0n) is 7.34. The third-order valence-electron chi connectivity index (χ3n) is 2.46. The first-order valence-corrected chi connectivity index (χ1v) is 5.71. The molecule has 76 valence electrons. The van der Waals surface area contributed by atoms with Crippen molar-refractivity contribution in [3.63, 3.8) is 0 Å². The third-order valence-corrected chi connectivity index (χ3v) is 3.31. The average Bonchev–Trinajstić information content (AvgIpc) is 2.46. The second-order valence-electron chi connectivity index (χ2n) is 3.39. The van der Waals surface area contributed by atoms with E-state index in [4.69, 9.17) is 4.55 Å². The van der Waals surface area contributed by atoms with Gasteiger partial charge in [0.2, 0.25) is 0 Å². The second-order valence-corrected chi connectivity index (χ2v) is 4.81. The number of aliphatic hydroxyl groups is 1. The Labute approximate surface area is 81.9 Å². The monoisotopic (exact) mass is 214 g/mol. The van der Waals surface area contributed by atoms with E-state index in [2.05, 4.69) is 0 Å². The van der Waals surface area contributed by atoms with Crippen molar-refractivity contribution in [1.82, 2.24) is 0 Å². The average molecular weight is 214 g/mol. The molecule has 1 aliphatic rings. The van der Waals surface area contributed by atoms with Crippen LogP contribution >= 0.6 is 0 Å². The first kappa shape index (κ1) is 9.64. The Morgan fingerprint density at radius 3 is 2.71 bits per heavy atom. The van der Waals surface area contributed by atoms with E-state index in [1.807, 2.05) is 0 Å². The maximum atomic E-state index is 10.8. The Morgan fingerprint density at radius 2 is 2.07 bits per heavy atom. The molecule has 0 spiro atoms. The summed E-state index contributed by atoms with van der Waals surface area (Å²) in [5, 5.41) is 9.50. The molecule has 0 heterocycles. The quantitative estimate of drug-likeness (QED) is 0.681. The van der Waals surface area contributed by atoms with Gasteiger partial charge in [-0.3, -0.25) is 4.55 Å². The molecule has 1 aromatic rings. The van der Waals surface area contributed by atoms with E-state index in [9.17, 15) is 13.5 Å². The van der Waals surface area contributed by atoms with Crippen molar-refractivity contribution in [2.24, 2.45) is 0 Å². The molecule has 0 saturated carbocycles. The number of fused-ring (bicyclic) bond motifs is 1. The molecule has 1 aromatic carbocycles. The molecule has 0 amide bonds. The molecule has 0 fully saturated rings. The van der Waals surface area contributed by atoms with Crippen molar-refractivity contribution in [3.05, 3.63) is 29.3 Å². The fourth-order valence-corrected chi connectivity index (χ4v) is 2.23. The van der Waals surface area contributed by atoms with Gasteiger partial charge in [-0.1, -0.05) is 6.07 Å². The highest BCUT2D eigenvalue weighted by atomic mass is 32.2. The van der Waals surface area contributed by atoms with Crippen LogP contribution in [0.4, 0.5) is 0 Å². The molecule has 1 atom stereocenters. The fourth-order valence-electron chi connectivity index (χ4n) is 1.72. The van der Waals surface area contributed by atoms with Gasteiger partial charge in [0.15, 0.2) is 0 Å². The zero-order chi connectivity index (χ0) is 10.3. The highest BCUT2D eigenvalue weighted by molar-refractivity contribution is 7.85. The van der Waals surface area contributed by atoms with Crippen molar-refractivity contribution < 1.29 is 18.1 Å². The van der Waals surface area contributed by atoms with Crippen LogP contribution < -0.4 is 0 Å². The van der Waals surface area contributed by atoms with Crippen LogP contribution in [-0.2, 0) is 16.5 Å². The van der Waals surface area contributed by atoms with E-state index < -0.39 is 16.2 Å². The van der Waals surface area contributed by atoms with Crippen molar-refractivity contribution >= 4 is 10.1 Å². The summed E-state index contributed by atoms with van der Waals surface area (Å²) in [5.41, 5.74) is 1.56. The van der Waals surface area contributed by atoms with Gasteiger partial charge in [0.25, 0.3) is 10.1 Å². The fraction of sp³-hybridized carbons (Fsp3) is 0.333. The van der Waals surface area contributed by atoms with Gasteiger partial charge >= 0.3 is 0 Å². The normalized spacial score (nSPS) is 20.9. The van der Waals surface area contributed by atoms with Crippen LogP contribution in [0.2, 0.25) is 0 Å². The maximum Gasteiger partial charge on any atom is 0.294 e. The van der Waals surface area contributed by atoms with Crippen LogP contribution in [0.3, 0.4) is 0 Å². The second kappa shape index (κ2) is 3.05. The summed E-state index contributed by atoms with van der Waals surface area (Å²) >= 11 is 0. The third kappa shape index (κ3) is 1.54. The van der Waals surface area contributed by atoms with Gasteiger partial charge < -0.3 is 5.11 Å². The van der Waals surface area contributed by atoms with Crippen LogP contribution in [0.15, 0.2) is 23.1 Å². The van der Waals surface area contributed by atoms with E-state index in [1.54, 1.807) is 6.07 Å². The molecular formula is C9H10O4S. The van der Waals surface area contributed by atoms with Gasteiger partial charge in [-0.05, 0) is 36.1 Å². The minimum atomic E-state index is -4.16. The Bertz CT molecular complexity index is 464.